The Morgan fingerprint density at radius 3 is 2.45 bits per heavy atom. The van der Waals surface area contributed by atoms with Gasteiger partial charge in [-0.25, -0.2) is 9.52 Å². The van der Waals surface area contributed by atoms with E-state index in [0.717, 1.165) is 0 Å². The Labute approximate surface area is 122 Å². The predicted octanol–water partition coefficient (Wildman–Crippen LogP) is 0.401. The summed E-state index contributed by atoms with van der Waals surface area (Å²) in [4.78, 5) is 11.3. The third-order valence-electron chi connectivity index (χ3n) is 2.20. The summed E-state index contributed by atoms with van der Waals surface area (Å²) in [6.45, 7) is 1.68. The summed E-state index contributed by atoms with van der Waals surface area (Å²) in [6, 6.07) is 6.73. The lowest BCUT2D eigenvalue weighted by molar-refractivity contribution is 0.158. The van der Waals surface area contributed by atoms with Crippen LogP contribution in [0.2, 0.25) is 0 Å². The summed E-state index contributed by atoms with van der Waals surface area (Å²) >= 11 is 4.81. The molecule has 0 aliphatic heterocycles. The maximum absolute atomic E-state index is 11.5. The smallest absolute Gasteiger partial charge is 0.421 e. The first-order valence-corrected chi connectivity index (χ1v) is 7.56. The average Bonchev–Trinajstić information content (AvgIpc) is 2.36. The molecular weight excluding hydrogens is 302 g/mol. The average molecular weight is 317 g/mol. The van der Waals surface area contributed by atoms with E-state index < -0.39 is 16.3 Å². The summed E-state index contributed by atoms with van der Waals surface area (Å²) in [7, 11) is -3.95. The minimum Gasteiger partial charge on any atom is -0.449 e. The van der Waals surface area contributed by atoms with Crippen LogP contribution >= 0.6 is 12.2 Å². The lowest BCUT2D eigenvalue weighted by Crippen LogP contribution is -2.40. The van der Waals surface area contributed by atoms with Crippen LogP contribution in [-0.4, -0.2) is 26.1 Å². The van der Waals surface area contributed by atoms with Crippen LogP contribution in [0.25, 0.3) is 0 Å². The quantitative estimate of drug-likeness (QED) is 0.655. The zero-order valence-corrected chi connectivity index (χ0v) is 12.4. The van der Waals surface area contributed by atoms with Gasteiger partial charge in [-0.05, 0) is 12.5 Å². The molecule has 0 aliphatic carbocycles. The first-order chi connectivity index (χ1) is 9.34. The molecule has 0 spiro atoms. The number of benzene rings is 1. The number of rotatable bonds is 6. The van der Waals surface area contributed by atoms with Gasteiger partial charge in [-0.3, -0.25) is 0 Å². The Balaban J connectivity index is 2.57. The predicted molar refractivity (Wildman–Crippen MR) is 78.2 cm³/mol. The maximum atomic E-state index is 11.5. The monoisotopic (exact) mass is 317 g/mol. The van der Waals surface area contributed by atoms with Crippen LogP contribution in [0.5, 0.6) is 0 Å². The molecule has 20 heavy (non-hydrogen) atoms. The molecule has 0 aliphatic rings. The van der Waals surface area contributed by atoms with Crippen molar-refractivity contribution in [1.29, 1.82) is 0 Å². The van der Waals surface area contributed by atoms with Gasteiger partial charge in [0.1, 0.15) is 4.99 Å². The molecule has 1 amide bonds. The second-order valence-corrected chi connectivity index (χ2v) is 5.65. The van der Waals surface area contributed by atoms with Gasteiger partial charge in [0, 0.05) is 12.1 Å². The molecule has 0 atom stereocenters. The van der Waals surface area contributed by atoms with Crippen LogP contribution in [-0.2, 0) is 21.5 Å². The van der Waals surface area contributed by atoms with Crippen LogP contribution in [0.15, 0.2) is 24.3 Å². The number of carbonyl (C=O) groups excluding carboxylic acids is 1. The zero-order chi connectivity index (χ0) is 15.2. The van der Waals surface area contributed by atoms with Gasteiger partial charge in [-0.1, -0.05) is 36.5 Å². The fourth-order valence-corrected chi connectivity index (χ4v) is 2.11. The molecule has 0 saturated heterocycles. The molecule has 0 heterocycles. The topological polar surface area (TPSA) is 111 Å². The first kappa shape index (κ1) is 16.3. The summed E-state index contributed by atoms with van der Waals surface area (Å²) in [6.07, 6.45) is -1.02. The molecule has 0 unspecified atom stereocenters. The number of nitrogens with two attached hydrogens (primary N) is 1. The highest BCUT2D eigenvalue weighted by Gasteiger charge is 2.14. The Morgan fingerprint density at radius 1 is 1.35 bits per heavy atom. The molecule has 1 aromatic carbocycles. The van der Waals surface area contributed by atoms with E-state index in [1.165, 1.54) is 0 Å². The minimum atomic E-state index is -3.95. The summed E-state index contributed by atoms with van der Waals surface area (Å²) in [5.74, 6) is 0. The fraction of sp³-hybridized carbons (Fsp3) is 0.273. The lowest BCUT2D eigenvalue weighted by Gasteiger charge is -2.08. The maximum Gasteiger partial charge on any atom is 0.421 e. The molecule has 7 nitrogen and oxygen atoms in total. The van der Waals surface area contributed by atoms with E-state index in [4.69, 9.17) is 18.0 Å². The molecule has 110 valence electrons. The van der Waals surface area contributed by atoms with Crippen molar-refractivity contribution in [2.75, 3.05) is 6.61 Å². The van der Waals surface area contributed by atoms with Gasteiger partial charge >= 0.3 is 16.3 Å². The third-order valence-corrected chi connectivity index (χ3v) is 3.39. The van der Waals surface area contributed by atoms with Crippen LogP contribution in [0.4, 0.5) is 4.79 Å². The molecule has 0 aromatic heterocycles. The third kappa shape index (κ3) is 5.51. The number of hydrogen-bond acceptors (Lipinski definition) is 5. The minimum absolute atomic E-state index is 0.0202. The molecule has 1 rings (SSSR count). The lowest BCUT2D eigenvalue weighted by atomic mass is 10.1. The van der Waals surface area contributed by atoms with Crippen molar-refractivity contribution < 1.29 is 17.9 Å². The van der Waals surface area contributed by atoms with E-state index in [2.05, 4.69) is 9.46 Å². The van der Waals surface area contributed by atoms with Crippen molar-refractivity contribution >= 4 is 33.5 Å². The van der Waals surface area contributed by atoms with Gasteiger partial charge in [0.15, 0.2) is 0 Å². The molecule has 9 heteroatoms. The number of thiocarbonyl (C=S) groups is 1. The van der Waals surface area contributed by atoms with E-state index in [1.54, 1.807) is 35.9 Å². The molecule has 0 saturated carbocycles. The van der Waals surface area contributed by atoms with E-state index in [1.807, 2.05) is 0 Å². The largest absolute Gasteiger partial charge is 0.449 e. The number of hydrogen-bond donors (Lipinski definition) is 3. The van der Waals surface area contributed by atoms with Crippen LogP contribution in [0, 0.1) is 0 Å². The number of nitrogens with one attached hydrogen (secondary N) is 2. The second-order valence-electron chi connectivity index (χ2n) is 3.71. The Kier molecular flexibility index (Phi) is 5.86. The van der Waals surface area contributed by atoms with Crippen molar-refractivity contribution in [1.82, 2.24) is 9.44 Å². The number of ether oxygens (including phenoxy) is 1. The molecule has 0 radical (unpaired) electrons. The standard InChI is InChI=1S/C11H15N3O4S2/c1-2-18-11(15)14-20(16,17)13-7-8-3-5-9(6-4-8)10(12)19/h3-6,13H,2,7H2,1H3,(H2,12,19)(H,14,15). The van der Waals surface area contributed by atoms with Crippen molar-refractivity contribution in [3.05, 3.63) is 35.4 Å². The molecule has 4 N–H and O–H groups in total. The van der Waals surface area contributed by atoms with Gasteiger partial charge in [0.25, 0.3) is 0 Å². The van der Waals surface area contributed by atoms with Crippen molar-refractivity contribution in [2.45, 2.75) is 13.5 Å². The van der Waals surface area contributed by atoms with Crippen molar-refractivity contribution in [2.24, 2.45) is 5.73 Å². The van der Waals surface area contributed by atoms with E-state index in [9.17, 15) is 13.2 Å². The number of carbonyl (C=O) groups is 1. The Morgan fingerprint density at radius 2 is 1.95 bits per heavy atom. The SMILES string of the molecule is CCOC(=O)NS(=O)(=O)NCc1ccc(C(N)=S)cc1. The molecule has 0 fully saturated rings. The molecule has 1 aromatic rings. The summed E-state index contributed by atoms with van der Waals surface area (Å²) in [5.41, 5.74) is 6.83. The first-order valence-electron chi connectivity index (χ1n) is 5.67. The Hall–Kier alpha value is -1.71. The molecule has 0 bridgehead atoms. The van der Waals surface area contributed by atoms with Crippen molar-refractivity contribution in [3.63, 3.8) is 0 Å². The van der Waals surface area contributed by atoms with E-state index in [-0.39, 0.29) is 18.1 Å². The van der Waals surface area contributed by atoms with Crippen molar-refractivity contribution in [3.8, 4) is 0 Å². The van der Waals surface area contributed by atoms with Gasteiger partial charge in [-0.15, -0.1) is 0 Å². The second kappa shape index (κ2) is 7.17. The van der Waals surface area contributed by atoms with Crippen LogP contribution in [0.3, 0.4) is 0 Å². The normalized spacial score (nSPS) is 10.8. The van der Waals surface area contributed by atoms with E-state index in [0.29, 0.717) is 11.1 Å². The van der Waals surface area contributed by atoms with Crippen LogP contribution in [0.1, 0.15) is 18.1 Å². The molecular formula is C11H15N3O4S2. The highest BCUT2D eigenvalue weighted by Crippen LogP contribution is 2.04. The van der Waals surface area contributed by atoms with E-state index >= 15 is 0 Å². The zero-order valence-electron chi connectivity index (χ0n) is 10.8. The number of amides is 1. The highest BCUT2D eigenvalue weighted by atomic mass is 32.2. The van der Waals surface area contributed by atoms with Gasteiger partial charge in [0.05, 0.1) is 6.61 Å². The summed E-state index contributed by atoms with van der Waals surface area (Å²) in [5, 5.41) is 0. The summed E-state index contributed by atoms with van der Waals surface area (Å²) < 4.78 is 31.4. The van der Waals surface area contributed by atoms with Gasteiger partial charge in [0.2, 0.25) is 0 Å². The Bertz CT molecular complexity index is 584. The van der Waals surface area contributed by atoms with Gasteiger partial charge in [-0.2, -0.15) is 13.1 Å². The fourth-order valence-electron chi connectivity index (χ4n) is 1.27. The highest BCUT2D eigenvalue weighted by molar-refractivity contribution is 7.88. The van der Waals surface area contributed by atoms with Crippen LogP contribution < -0.4 is 15.2 Å². The van der Waals surface area contributed by atoms with Gasteiger partial charge < -0.3 is 10.5 Å².